The zero-order valence-corrected chi connectivity index (χ0v) is 14.2. The van der Waals surface area contributed by atoms with Crippen LogP contribution in [0.15, 0.2) is 54.6 Å². The van der Waals surface area contributed by atoms with Crippen LogP contribution >= 0.6 is 0 Å². The molecule has 2 aromatic rings. The summed E-state index contributed by atoms with van der Waals surface area (Å²) in [6.45, 7) is 1.59. The molecule has 0 aromatic heterocycles. The van der Waals surface area contributed by atoms with Crippen LogP contribution in [0.3, 0.4) is 0 Å². The Balaban J connectivity index is 2.02. The number of aliphatic hydroxyl groups excluding tert-OH is 1. The smallest absolute Gasteiger partial charge is 0.261 e. The van der Waals surface area contributed by atoms with Crippen LogP contribution in [0.25, 0.3) is 0 Å². The van der Waals surface area contributed by atoms with Crippen molar-refractivity contribution in [2.45, 2.75) is 38.5 Å². The van der Waals surface area contributed by atoms with Crippen molar-refractivity contribution in [2.24, 2.45) is 0 Å². The maximum Gasteiger partial charge on any atom is 0.261 e. The highest BCUT2D eigenvalue weighted by atomic mass is 16.5. The second-order valence-electron chi connectivity index (χ2n) is 5.73. The average molecular weight is 338 g/mol. The number of hydrogen-bond donors (Lipinski definition) is 2. The Morgan fingerprint density at radius 2 is 2.00 bits per heavy atom. The highest BCUT2D eigenvalue weighted by Crippen LogP contribution is 2.19. The van der Waals surface area contributed by atoms with E-state index in [1.54, 1.807) is 31.2 Å². The molecule has 2 atom stereocenters. The molecule has 2 N–H and O–H groups in total. The second-order valence-corrected chi connectivity index (χ2v) is 5.73. The van der Waals surface area contributed by atoms with Crippen LogP contribution in [-0.4, -0.2) is 17.1 Å². The Hall–Kier alpha value is -2.84. The van der Waals surface area contributed by atoms with E-state index in [2.05, 4.69) is 11.4 Å². The van der Waals surface area contributed by atoms with Gasteiger partial charge in [-0.2, -0.15) is 5.26 Å². The third kappa shape index (κ3) is 5.63. The van der Waals surface area contributed by atoms with Crippen molar-refractivity contribution in [3.05, 3.63) is 65.7 Å². The molecule has 1 amide bonds. The van der Waals surface area contributed by atoms with Gasteiger partial charge in [-0.3, -0.25) is 4.79 Å². The van der Waals surface area contributed by atoms with Crippen LogP contribution in [-0.2, 0) is 11.4 Å². The van der Waals surface area contributed by atoms with E-state index in [4.69, 9.17) is 10.00 Å². The van der Waals surface area contributed by atoms with E-state index in [0.717, 1.165) is 11.1 Å². The van der Waals surface area contributed by atoms with E-state index >= 15 is 0 Å². The Labute approximate surface area is 147 Å². The van der Waals surface area contributed by atoms with Gasteiger partial charge in [-0.25, -0.2) is 0 Å². The zero-order chi connectivity index (χ0) is 18.1. The van der Waals surface area contributed by atoms with Crippen molar-refractivity contribution < 1.29 is 14.6 Å². The molecular weight excluding hydrogens is 316 g/mol. The lowest BCUT2D eigenvalue weighted by Gasteiger charge is -2.21. The molecule has 0 saturated carbocycles. The lowest BCUT2D eigenvalue weighted by Crippen LogP contribution is -2.38. The number of ether oxygens (including phenoxy) is 1. The predicted octanol–water partition coefficient (Wildman–Crippen LogP) is 3.11. The molecule has 0 aliphatic heterocycles. The summed E-state index contributed by atoms with van der Waals surface area (Å²) in [7, 11) is 0. The van der Waals surface area contributed by atoms with Gasteiger partial charge in [0.1, 0.15) is 5.75 Å². The average Bonchev–Trinajstić information content (AvgIpc) is 2.65. The molecule has 2 unspecified atom stereocenters. The number of hydrogen-bond acceptors (Lipinski definition) is 4. The van der Waals surface area contributed by atoms with E-state index in [0.29, 0.717) is 18.6 Å². The molecule has 5 heteroatoms. The minimum absolute atomic E-state index is 0.0813. The molecule has 0 radical (unpaired) electrons. The van der Waals surface area contributed by atoms with Crippen LogP contribution in [0.2, 0.25) is 0 Å². The summed E-state index contributed by atoms with van der Waals surface area (Å²) in [5.41, 5.74) is 1.68. The molecule has 0 saturated heterocycles. The predicted molar refractivity (Wildman–Crippen MR) is 94.6 cm³/mol. The number of nitrogens with zero attached hydrogens (tertiary/aromatic N) is 1. The maximum absolute atomic E-state index is 12.5. The summed E-state index contributed by atoms with van der Waals surface area (Å²) >= 11 is 0. The zero-order valence-electron chi connectivity index (χ0n) is 14.2. The first-order valence-electron chi connectivity index (χ1n) is 8.22. The summed E-state index contributed by atoms with van der Waals surface area (Å²) in [5.74, 6) is 0.281. The first-order valence-corrected chi connectivity index (χ1v) is 8.22. The van der Waals surface area contributed by atoms with E-state index in [1.807, 2.05) is 30.3 Å². The standard InChI is InChI=1S/C20H22N2O3/c1-15(25-18-10-5-7-16(13-18)14-23)20(24)22-19(11-6-12-21)17-8-3-2-4-9-17/h2-5,7-10,13,15,19,23H,6,11,14H2,1H3,(H,22,24). The van der Waals surface area contributed by atoms with Crippen molar-refractivity contribution in [1.82, 2.24) is 5.32 Å². The van der Waals surface area contributed by atoms with E-state index in [9.17, 15) is 9.90 Å². The number of nitrogens with one attached hydrogen (secondary N) is 1. The van der Waals surface area contributed by atoms with Gasteiger partial charge < -0.3 is 15.2 Å². The minimum atomic E-state index is -0.692. The summed E-state index contributed by atoms with van der Waals surface area (Å²) in [6.07, 6.45) is 0.203. The summed E-state index contributed by atoms with van der Waals surface area (Å²) < 4.78 is 5.67. The van der Waals surface area contributed by atoms with Crippen molar-refractivity contribution in [3.8, 4) is 11.8 Å². The lowest BCUT2D eigenvalue weighted by molar-refractivity contribution is -0.128. The van der Waals surface area contributed by atoms with Gasteiger partial charge in [0.25, 0.3) is 5.91 Å². The van der Waals surface area contributed by atoms with Gasteiger partial charge >= 0.3 is 0 Å². The SMILES string of the molecule is CC(Oc1cccc(CO)c1)C(=O)NC(CCC#N)c1ccccc1. The number of carbonyl (C=O) groups is 1. The fourth-order valence-corrected chi connectivity index (χ4v) is 2.48. The van der Waals surface area contributed by atoms with Crippen molar-refractivity contribution in [1.29, 1.82) is 5.26 Å². The number of benzene rings is 2. The lowest BCUT2D eigenvalue weighted by atomic mass is 10.0. The van der Waals surface area contributed by atoms with Gasteiger partial charge in [-0.15, -0.1) is 0 Å². The monoisotopic (exact) mass is 338 g/mol. The third-order valence-corrected chi connectivity index (χ3v) is 3.83. The number of aliphatic hydroxyl groups is 1. The van der Waals surface area contributed by atoms with Crippen LogP contribution in [0, 0.1) is 11.3 Å². The van der Waals surface area contributed by atoms with E-state index < -0.39 is 6.10 Å². The molecular formula is C20H22N2O3. The third-order valence-electron chi connectivity index (χ3n) is 3.83. The second kappa shape index (κ2) is 9.45. The Kier molecular flexibility index (Phi) is 7.00. The summed E-state index contributed by atoms with van der Waals surface area (Å²) in [4.78, 5) is 12.5. The van der Waals surface area contributed by atoms with E-state index in [1.165, 1.54) is 0 Å². The first-order chi connectivity index (χ1) is 12.1. The highest BCUT2D eigenvalue weighted by Gasteiger charge is 2.20. The van der Waals surface area contributed by atoms with Crippen LogP contribution in [0.1, 0.15) is 36.9 Å². The Bertz CT molecular complexity index is 725. The normalized spacial score (nSPS) is 12.7. The first kappa shape index (κ1) is 18.5. The number of amides is 1. The topological polar surface area (TPSA) is 82.3 Å². The number of carbonyl (C=O) groups excluding carboxylic acids is 1. The van der Waals surface area contributed by atoms with Crippen molar-refractivity contribution in [2.75, 3.05) is 0 Å². The van der Waals surface area contributed by atoms with Gasteiger partial charge in [0.05, 0.1) is 18.7 Å². The molecule has 130 valence electrons. The van der Waals surface area contributed by atoms with Crippen LogP contribution in [0.5, 0.6) is 5.75 Å². The van der Waals surface area contributed by atoms with Gasteiger partial charge in [0.2, 0.25) is 0 Å². The molecule has 0 aliphatic rings. The Morgan fingerprint density at radius 1 is 1.24 bits per heavy atom. The summed E-state index contributed by atoms with van der Waals surface area (Å²) in [6, 6.07) is 18.5. The quantitative estimate of drug-likeness (QED) is 0.775. The molecule has 0 spiro atoms. The maximum atomic E-state index is 12.5. The molecule has 0 fully saturated rings. The largest absolute Gasteiger partial charge is 0.481 e. The van der Waals surface area contributed by atoms with Gasteiger partial charge in [0.15, 0.2) is 6.10 Å². The molecule has 0 heterocycles. The van der Waals surface area contributed by atoms with Crippen LogP contribution in [0.4, 0.5) is 0 Å². The van der Waals surface area contributed by atoms with Crippen molar-refractivity contribution in [3.63, 3.8) is 0 Å². The van der Waals surface area contributed by atoms with Crippen LogP contribution < -0.4 is 10.1 Å². The highest BCUT2D eigenvalue weighted by molar-refractivity contribution is 5.81. The summed E-state index contributed by atoms with van der Waals surface area (Å²) in [5, 5.41) is 21.0. The number of rotatable bonds is 8. The molecule has 2 aromatic carbocycles. The minimum Gasteiger partial charge on any atom is -0.481 e. The molecule has 2 rings (SSSR count). The molecule has 0 aliphatic carbocycles. The molecule has 0 bridgehead atoms. The number of nitriles is 1. The van der Waals surface area contributed by atoms with Gasteiger partial charge in [-0.05, 0) is 36.6 Å². The van der Waals surface area contributed by atoms with Gasteiger partial charge in [0, 0.05) is 6.42 Å². The van der Waals surface area contributed by atoms with Gasteiger partial charge in [-0.1, -0.05) is 42.5 Å². The molecule has 25 heavy (non-hydrogen) atoms. The molecule has 5 nitrogen and oxygen atoms in total. The van der Waals surface area contributed by atoms with E-state index in [-0.39, 0.29) is 18.6 Å². The Morgan fingerprint density at radius 3 is 2.68 bits per heavy atom. The van der Waals surface area contributed by atoms with Crippen molar-refractivity contribution >= 4 is 5.91 Å². The fourth-order valence-electron chi connectivity index (χ4n) is 2.48. The fraction of sp³-hybridized carbons (Fsp3) is 0.300.